The van der Waals surface area contributed by atoms with Crippen LogP contribution in [-0.2, 0) is 9.31 Å². The summed E-state index contributed by atoms with van der Waals surface area (Å²) in [6, 6.07) is 0. The molecule has 0 radical (unpaired) electrons. The number of phenolic OH excluding ortho intramolecular Hbond substituents is 5. The quantitative estimate of drug-likeness (QED) is 0.289. The molecule has 0 amide bonds. The van der Waals surface area contributed by atoms with Crippen LogP contribution in [0.15, 0.2) is 0 Å². The molecule has 2 rings (SSSR count). The Balaban J connectivity index is 2.57. The fourth-order valence-electron chi connectivity index (χ4n) is 1.89. The van der Waals surface area contributed by atoms with Crippen molar-refractivity contribution in [2.75, 3.05) is 0 Å². The Kier molecular flexibility index (Phi) is 2.99. The lowest BCUT2D eigenvalue weighted by Crippen LogP contribution is -2.41. The first-order chi connectivity index (χ1) is 8.99. The number of hydrogen-bond donors (Lipinski definition) is 5. The number of phenols is 5. The zero-order valence-electron chi connectivity index (χ0n) is 11.6. The second kappa shape index (κ2) is 4.10. The maximum atomic E-state index is 9.84. The predicted molar refractivity (Wildman–Crippen MR) is 70.5 cm³/mol. The molecule has 0 aromatic heterocycles. The minimum Gasteiger partial charge on any atom is -0.504 e. The predicted octanol–water partition coefficient (Wildman–Crippen LogP) is 0.514. The zero-order valence-corrected chi connectivity index (χ0v) is 11.6. The molecule has 0 unspecified atom stereocenters. The monoisotopic (exact) mass is 284 g/mol. The molecule has 0 saturated carbocycles. The third kappa shape index (κ3) is 1.83. The normalized spacial score (nSPS) is 20.3. The Morgan fingerprint density at radius 3 is 1.30 bits per heavy atom. The molecule has 1 aromatic carbocycles. The molecular formula is C12H17BO7. The highest BCUT2D eigenvalue weighted by Crippen LogP contribution is 2.47. The molecule has 1 aliphatic rings. The molecule has 0 bridgehead atoms. The Hall–Kier alpha value is -1.80. The van der Waals surface area contributed by atoms with E-state index in [0.29, 0.717) is 0 Å². The molecule has 5 N–H and O–H groups in total. The van der Waals surface area contributed by atoms with Gasteiger partial charge in [0.25, 0.3) is 0 Å². The SMILES string of the molecule is CC1(C)OB(c2c(O)c(O)c(O)c(O)c2O)OC1(C)C. The van der Waals surface area contributed by atoms with E-state index in [0.717, 1.165) is 0 Å². The highest BCUT2D eigenvalue weighted by atomic mass is 16.7. The average molecular weight is 284 g/mol. The molecule has 0 spiro atoms. The molecule has 8 heteroatoms. The van der Waals surface area contributed by atoms with Crippen molar-refractivity contribution in [3.05, 3.63) is 0 Å². The van der Waals surface area contributed by atoms with Crippen molar-refractivity contribution >= 4 is 12.6 Å². The van der Waals surface area contributed by atoms with E-state index >= 15 is 0 Å². The van der Waals surface area contributed by atoms with Gasteiger partial charge < -0.3 is 34.8 Å². The van der Waals surface area contributed by atoms with Crippen molar-refractivity contribution in [2.45, 2.75) is 38.9 Å². The van der Waals surface area contributed by atoms with Crippen molar-refractivity contribution in [1.29, 1.82) is 0 Å². The summed E-state index contributed by atoms with van der Waals surface area (Å²) in [5.41, 5.74) is -1.81. The average Bonchev–Trinajstić information content (AvgIpc) is 2.53. The summed E-state index contributed by atoms with van der Waals surface area (Å²) < 4.78 is 11.2. The molecule has 1 fully saturated rings. The van der Waals surface area contributed by atoms with Gasteiger partial charge in [-0.3, -0.25) is 0 Å². The van der Waals surface area contributed by atoms with Gasteiger partial charge in [-0.2, -0.15) is 0 Å². The van der Waals surface area contributed by atoms with Crippen LogP contribution in [0.4, 0.5) is 0 Å². The lowest BCUT2D eigenvalue weighted by atomic mass is 9.77. The molecule has 7 nitrogen and oxygen atoms in total. The number of aromatic hydroxyl groups is 5. The van der Waals surface area contributed by atoms with Crippen LogP contribution in [0.2, 0.25) is 0 Å². The van der Waals surface area contributed by atoms with Crippen LogP contribution in [0.25, 0.3) is 0 Å². The van der Waals surface area contributed by atoms with Crippen molar-refractivity contribution in [3.8, 4) is 28.7 Å². The molecule has 110 valence electrons. The van der Waals surface area contributed by atoms with Crippen LogP contribution in [0.5, 0.6) is 28.7 Å². The minimum absolute atomic E-state index is 0.337. The number of rotatable bonds is 1. The van der Waals surface area contributed by atoms with Gasteiger partial charge in [0.1, 0.15) is 0 Å². The van der Waals surface area contributed by atoms with Gasteiger partial charge in [0.05, 0.1) is 16.7 Å². The van der Waals surface area contributed by atoms with Gasteiger partial charge in [0.2, 0.25) is 17.2 Å². The van der Waals surface area contributed by atoms with E-state index in [1.54, 1.807) is 27.7 Å². The van der Waals surface area contributed by atoms with Crippen molar-refractivity contribution in [1.82, 2.24) is 0 Å². The van der Waals surface area contributed by atoms with Crippen LogP contribution in [0, 0.1) is 0 Å². The lowest BCUT2D eigenvalue weighted by Gasteiger charge is -2.32. The largest absolute Gasteiger partial charge is 0.504 e. The molecule has 0 atom stereocenters. The van der Waals surface area contributed by atoms with E-state index in [-0.39, 0.29) is 5.46 Å². The van der Waals surface area contributed by atoms with E-state index in [2.05, 4.69) is 0 Å². The van der Waals surface area contributed by atoms with Gasteiger partial charge >= 0.3 is 7.12 Å². The van der Waals surface area contributed by atoms with Crippen LogP contribution >= 0.6 is 0 Å². The molecule has 20 heavy (non-hydrogen) atoms. The fraction of sp³-hybridized carbons (Fsp3) is 0.500. The van der Waals surface area contributed by atoms with E-state index in [9.17, 15) is 25.5 Å². The minimum atomic E-state index is -1.20. The summed E-state index contributed by atoms with van der Waals surface area (Å²) in [6.07, 6.45) is 0. The molecular weight excluding hydrogens is 267 g/mol. The van der Waals surface area contributed by atoms with Gasteiger partial charge in [-0.25, -0.2) is 0 Å². The first-order valence-electron chi connectivity index (χ1n) is 6.04. The fourth-order valence-corrected chi connectivity index (χ4v) is 1.89. The van der Waals surface area contributed by atoms with E-state index in [4.69, 9.17) is 9.31 Å². The van der Waals surface area contributed by atoms with Crippen molar-refractivity contribution in [3.63, 3.8) is 0 Å². The number of benzene rings is 1. The Bertz CT molecular complexity index is 522. The Morgan fingerprint density at radius 1 is 0.650 bits per heavy atom. The Labute approximate surface area is 116 Å². The van der Waals surface area contributed by atoms with Crippen LogP contribution in [0.1, 0.15) is 27.7 Å². The summed E-state index contributed by atoms with van der Waals surface area (Å²) in [6.45, 7) is 7.06. The van der Waals surface area contributed by atoms with Gasteiger partial charge in [0, 0.05) is 0 Å². The van der Waals surface area contributed by atoms with Crippen LogP contribution in [0.3, 0.4) is 0 Å². The van der Waals surface area contributed by atoms with E-state index in [1.807, 2.05) is 0 Å². The van der Waals surface area contributed by atoms with Crippen molar-refractivity contribution < 1.29 is 34.8 Å². The van der Waals surface area contributed by atoms with Gasteiger partial charge in [0.15, 0.2) is 11.5 Å². The zero-order chi connectivity index (χ0) is 15.5. The second-order valence-corrected chi connectivity index (χ2v) is 5.74. The maximum Gasteiger partial charge on any atom is 0.502 e. The highest BCUT2D eigenvalue weighted by Gasteiger charge is 2.54. The molecule has 1 heterocycles. The summed E-state index contributed by atoms with van der Waals surface area (Å²) in [4.78, 5) is 0. The van der Waals surface area contributed by atoms with Gasteiger partial charge in [-0.05, 0) is 27.7 Å². The first-order valence-corrected chi connectivity index (χ1v) is 6.04. The summed E-state index contributed by atoms with van der Waals surface area (Å²) in [5, 5.41) is 48.1. The molecule has 1 aliphatic heterocycles. The maximum absolute atomic E-state index is 9.84. The molecule has 1 saturated heterocycles. The summed E-state index contributed by atoms with van der Waals surface area (Å²) >= 11 is 0. The molecule has 1 aromatic rings. The third-order valence-corrected chi connectivity index (χ3v) is 3.90. The van der Waals surface area contributed by atoms with Gasteiger partial charge in [-0.15, -0.1) is 0 Å². The van der Waals surface area contributed by atoms with Crippen LogP contribution in [-0.4, -0.2) is 43.9 Å². The summed E-state index contributed by atoms with van der Waals surface area (Å²) in [5.74, 6) is -4.54. The smallest absolute Gasteiger partial charge is 0.502 e. The highest BCUT2D eigenvalue weighted by molar-refractivity contribution is 6.64. The van der Waals surface area contributed by atoms with Gasteiger partial charge in [-0.1, -0.05) is 0 Å². The molecule has 0 aliphatic carbocycles. The first kappa shape index (κ1) is 14.6. The standard InChI is InChI=1S/C12H17BO7/c1-11(2)12(3,4)20-13(19-11)5-6(14)8(16)10(18)9(17)7(5)15/h14-18H,1-4H3. The number of hydrogen-bond acceptors (Lipinski definition) is 7. The topological polar surface area (TPSA) is 120 Å². The van der Waals surface area contributed by atoms with Crippen molar-refractivity contribution in [2.24, 2.45) is 0 Å². The summed E-state index contributed by atoms with van der Waals surface area (Å²) in [7, 11) is -1.20. The third-order valence-electron chi connectivity index (χ3n) is 3.90. The van der Waals surface area contributed by atoms with E-state index < -0.39 is 47.1 Å². The second-order valence-electron chi connectivity index (χ2n) is 5.74. The lowest BCUT2D eigenvalue weighted by molar-refractivity contribution is 0.00578. The van der Waals surface area contributed by atoms with E-state index in [1.165, 1.54) is 0 Å². The van der Waals surface area contributed by atoms with Crippen LogP contribution < -0.4 is 5.46 Å². The Morgan fingerprint density at radius 2 is 0.950 bits per heavy atom.